The van der Waals surface area contributed by atoms with Crippen LogP contribution in [-0.4, -0.2) is 21.9 Å². The number of benzene rings is 1. The fourth-order valence-corrected chi connectivity index (χ4v) is 3.08. The zero-order chi connectivity index (χ0) is 10.7. The normalized spacial score (nSPS) is 23.2. The summed E-state index contributed by atoms with van der Waals surface area (Å²) in [5.74, 6) is -0.0802. The van der Waals surface area contributed by atoms with Gasteiger partial charge in [0, 0.05) is 11.4 Å². The van der Waals surface area contributed by atoms with Gasteiger partial charge in [0.2, 0.25) is 5.91 Å². The number of nitrogens with one attached hydrogen (secondary N) is 1. The fraction of sp³-hybridized carbons (Fsp3) is 0.364. The summed E-state index contributed by atoms with van der Waals surface area (Å²) < 4.78 is 12.1. The van der Waals surface area contributed by atoms with Crippen LogP contribution >= 0.6 is 0 Å². The van der Waals surface area contributed by atoms with Crippen molar-refractivity contribution in [3.05, 3.63) is 30.3 Å². The molecule has 1 aromatic carbocycles. The molecule has 1 fully saturated rings. The van der Waals surface area contributed by atoms with Crippen LogP contribution < -0.4 is 5.32 Å². The number of amides is 1. The highest BCUT2D eigenvalue weighted by Gasteiger charge is 2.28. The molecule has 0 aromatic heterocycles. The van der Waals surface area contributed by atoms with E-state index < -0.39 is 10.8 Å². The van der Waals surface area contributed by atoms with E-state index in [1.165, 1.54) is 0 Å². The van der Waals surface area contributed by atoms with Crippen LogP contribution in [0.4, 0.5) is 0 Å². The summed E-state index contributed by atoms with van der Waals surface area (Å²) in [4.78, 5) is 12.2. The average molecular weight is 223 g/mol. The molecule has 0 bridgehead atoms. The van der Waals surface area contributed by atoms with E-state index in [9.17, 15) is 9.00 Å². The van der Waals surface area contributed by atoms with E-state index in [1.54, 1.807) is 12.1 Å². The minimum absolute atomic E-state index is 0.0802. The Hall–Kier alpha value is -1.16. The second-order valence-electron chi connectivity index (χ2n) is 3.53. The topological polar surface area (TPSA) is 46.2 Å². The maximum absolute atomic E-state index is 12.1. The summed E-state index contributed by atoms with van der Waals surface area (Å²) in [5.41, 5.74) is 0. The molecule has 1 aliphatic rings. The van der Waals surface area contributed by atoms with E-state index in [2.05, 4.69) is 5.32 Å². The van der Waals surface area contributed by atoms with Crippen LogP contribution in [0.1, 0.15) is 12.8 Å². The zero-order valence-corrected chi connectivity index (χ0v) is 9.13. The molecular weight excluding hydrogens is 210 g/mol. The Bertz CT molecular complexity index is 377. The highest BCUT2D eigenvalue weighted by molar-refractivity contribution is 7.86. The summed E-state index contributed by atoms with van der Waals surface area (Å²) >= 11 is 0. The maximum Gasteiger partial charge on any atom is 0.236 e. The van der Waals surface area contributed by atoms with Gasteiger partial charge in [0.15, 0.2) is 0 Å². The lowest BCUT2D eigenvalue weighted by atomic mass is 10.1. The molecule has 3 nitrogen and oxygen atoms in total. The van der Waals surface area contributed by atoms with Gasteiger partial charge >= 0.3 is 0 Å². The summed E-state index contributed by atoms with van der Waals surface area (Å²) in [6.45, 7) is 0.710. The molecule has 1 amide bonds. The largest absolute Gasteiger partial charge is 0.355 e. The molecule has 1 heterocycles. The molecule has 0 radical (unpaired) electrons. The number of hydrogen-bond donors (Lipinski definition) is 1. The third-order valence-corrected chi connectivity index (χ3v) is 4.17. The van der Waals surface area contributed by atoms with E-state index in [1.807, 2.05) is 18.2 Å². The number of rotatable bonds is 2. The predicted octanol–water partition coefficient (Wildman–Crippen LogP) is 1.07. The number of hydrogen-bond acceptors (Lipinski definition) is 2. The van der Waals surface area contributed by atoms with Gasteiger partial charge < -0.3 is 5.32 Å². The molecule has 0 saturated carbocycles. The first-order chi connectivity index (χ1) is 7.29. The van der Waals surface area contributed by atoms with Crippen molar-refractivity contribution < 1.29 is 9.00 Å². The van der Waals surface area contributed by atoms with Crippen LogP contribution in [0.15, 0.2) is 35.2 Å². The highest BCUT2D eigenvalue weighted by atomic mass is 32.2. The molecule has 0 spiro atoms. The fourth-order valence-electron chi connectivity index (χ4n) is 1.67. The maximum atomic E-state index is 12.1. The van der Waals surface area contributed by atoms with E-state index in [-0.39, 0.29) is 11.2 Å². The third kappa shape index (κ3) is 2.26. The van der Waals surface area contributed by atoms with Crippen molar-refractivity contribution >= 4 is 16.7 Å². The molecule has 80 valence electrons. The van der Waals surface area contributed by atoms with Crippen molar-refractivity contribution in [2.24, 2.45) is 0 Å². The zero-order valence-electron chi connectivity index (χ0n) is 8.31. The van der Waals surface area contributed by atoms with Crippen LogP contribution in [-0.2, 0) is 15.6 Å². The first-order valence-corrected chi connectivity index (χ1v) is 6.23. The molecule has 2 rings (SSSR count). The summed E-state index contributed by atoms with van der Waals surface area (Å²) in [5, 5.41) is 2.38. The standard InChI is InChI=1S/C11H13NO2S/c13-11-10(7-4-8-12-11)15(14)9-5-2-1-3-6-9/h1-3,5-6,10H,4,7-8H2,(H,12,13). The van der Waals surface area contributed by atoms with Crippen LogP contribution in [0.25, 0.3) is 0 Å². The molecular formula is C11H13NO2S. The average Bonchev–Trinajstić information content (AvgIpc) is 2.30. The minimum atomic E-state index is -1.21. The van der Waals surface area contributed by atoms with Crippen LogP contribution in [0.2, 0.25) is 0 Å². The van der Waals surface area contributed by atoms with Gasteiger partial charge in [0.1, 0.15) is 5.25 Å². The van der Waals surface area contributed by atoms with Crippen molar-refractivity contribution in [2.75, 3.05) is 6.54 Å². The van der Waals surface area contributed by atoms with E-state index in [4.69, 9.17) is 0 Å². The van der Waals surface area contributed by atoms with E-state index in [0.29, 0.717) is 13.0 Å². The van der Waals surface area contributed by atoms with Gasteiger partial charge in [0.25, 0.3) is 0 Å². The Morgan fingerprint density at radius 2 is 2.00 bits per heavy atom. The summed E-state index contributed by atoms with van der Waals surface area (Å²) in [6.07, 6.45) is 1.63. The number of piperidine rings is 1. The Labute approximate surface area is 91.3 Å². The van der Waals surface area contributed by atoms with Crippen molar-refractivity contribution in [3.8, 4) is 0 Å². The summed E-state index contributed by atoms with van der Waals surface area (Å²) in [7, 11) is -1.21. The predicted molar refractivity (Wildman–Crippen MR) is 58.9 cm³/mol. The molecule has 0 aliphatic carbocycles. The van der Waals surface area contributed by atoms with E-state index >= 15 is 0 Å². The Morgan fingerprint density at radius 1 is 1.27 bits per heavy atom. The quantitative estimate of drug-likeness (QED) is 0.815. The first kappa shape index (κ1) is 10.4. The monoisotopic (exact) mass is 223 g/mol. The SMILES string of the molecule is O=C1NCCCC1S(=O)c1ccccc1. The Morgan fingerprint density at radius 3 is 2.67 bits per heavy atom. The van der Waals surface area contributed by atoms with Gasteiger partial charge in [-0.1, -0.05) is 18.2 Å². The third-order valence-electron chi connectivity index (χ3n) is 2.47. The Balaban J connectivity index is 2.17. The minimum Gasteiger partial charge on any atom is -0.355 e. The lowest BCUT2D eigenvalue weighted by Gasteiger charge is -2.21. The molecule has 4 heteroatoms. The van der Waals surface area contributed by atoms with Crippen molar-refractivity contribution in [3.63, 3.8) is 0 Å². The second-order valence-corrected chi connectivity index (χ2v) is 5.17. The van der Waals surface area contributed by atoms with Crippen molar-refractivity contribution in [2.45, 2.75) is 23.0 Å². The Kier molecular flexibility index (Phi) is 3.16. The van der Waals surface area contributed by atoms with E-state index in [0.717, 1.165) is 11.3 Å². The van der Waals surface area contributed by atoms with Gasteiger partial charge in [-0.3, -0.25) is 9.00 Å². The van der Waals surface area contributed by atoms with Crippen molar-refractivity contribution in [1.82, 2.24) is 5.32 Å². The molecule has 2 atom stereocenters. The van der Waals surface area contributed by atoms with Gasteiger partial charge in [-0.05, 0) is 25.0 Å². The number of carbonyl (C=O) groups excluding carboxylic acids is 1. The van der Waals surface area contributed by atoms with Gasteiger partial charge in [-0.2, -0.15) is 0 Å². The number of carbonyl (C=O) groups is 1. The molecule has 1 N–H and O–H groups in total. The molecule has 1 saturated heterocycles. The van der Waals surface area contributed by atoms with Crippen molar-refractivity contribution in [1.29, 1.82) is 0 Å². The van der Waals surface area contributed by atoms with Crippen LogP contribution in [0, 0.1) is 0 Å². The molecule has 1 aliphatic heterocycles. The van der Waals surface area contributed by atoms with Gasteiger partial charge in [-0.25, -0.2) is 0 Å². The highest BCUT2D eigenvalue weighted by Crippen LogP contribution is 2.17. The first-order valence-electron chi connectivity index (χ1n) is 5.02. The molecule has 1 aromatic rings. The lowest BCUT2D eigenvalue weighted by Crippen LogP contribution is -2.42. The van der Waals surface area contributed by atoms with Gasteiger partial charge in [-0.15, -0.1) is 0 Å². The molecule has 2 unspecified atom stereocenters. The smallest absolute Gasteiger partial charge is 0.236 e. The lowest BCUT2D eigenvalue weighted by molar-refractivity contribution is -0.121. The second kappa shape index (κ2) is 4.57. The summed E-state index contributed by atoms with van der Waals surface area (Å²) in [6, 6.07) is 9.17. The van der Waals surface area contributed by atoms with Crippen LogP contribution in [0.3, 0.4) is 0 Å². The van der Waals surface area contributed by atoms with Gasteiger partial charge in [0.05, 0.1) is 10.8 Å². The molecule has 15 heavy (non-hydrogen) atoms. The van der Waals surface area contributed by atoms with Crippen LogP contribution in [0.5, 0.6) is 0 Å².